The van der Waals surface area contributed by atoms with Crippen LogP contribution in [0.15, 0.2) is 59.4 Å². The van der Waals surface area contributed by atoms with Crippen molar-refractivity contribution in [2.75, 3.05) is 0 Å². The van der Waals surface area contributed by atoms with Crippen molar-refractivity contribution in [3.05, 3.63) is 83.4 Å². The van der Waals surface area contributed by atoms with E-state index in [0.29, 0.717) is 23.5 Å². The third-order valence-corrected chi connectivity index (χ3v) is 5.58. The normalized spacial score (nSPS) is 12.4. The lowest BCUT2D eigenvalue weighted by atomic mass is 10.0. The number of benzene rings is 2. The molecule has 3 heterocycles. The average Bonchev–Trinajstić information content (AvgIpc) is 3.49. The van der Waals surface area contributed by atoms with Crippen molar-refractivity contribution in [1.29, 1.82) is 0 Å². The van der Waals surface area contributed by atoms with Crippen LogP contribution in [-0.4, -0.2) is 24.9 Å². The van der Waals surface area contributed by atoms with Crippen molar-refractivity contribution in [2.24, 2.45) is 0 Å². The Labute approximate surface area is 207 Å². The first-order valence-corrected chi connectivity index (χ1v) is 10.8. The van der Waals surface area contributed by atoms with E-state index < -0.39 is 40.7 Å². The number of aryl methyl sites for hydroxylation is 2. The molecule has 3 aromatic rings. The standard InChI is InChI=1S/C24H13F8N5O/c25-17-3-1-2-15(21(17)26)22-34-19-10-33-37(11-20(19)35-22)7-6-13-9-18(36-38-13)14-5-4-12(23(27,28)29)8-16(14)24(30,31)32/h1-5,8-11H,6-7H2. The number of imidazole rings is 1. The Bertz CT molecular complexity index is 1590. The number of nitrogens with zero attached hydrogens (tertiary/aromatic N) is 5. The molecule has 5 rings (SSSR count). The molecule has 0 fully saturated rings. The van der Waals surface area contributed by atoms with Gasteiger partial charge in [0.25, 0.3) is 0 Å². The molecule has 2 aromatic carbocycles. The maximum atomic E-state index is 14.1. The summed E-state index contributed by atoms with van der Waals surface area (Å²) < 4.78 is 113. The van der Waals surface area contributed by atoms with Gasteiger partial charge in [-0.05, 0) is 24.3 Å². The monoisotopic (exact) mass is 539 g/mol. The lowest BCUT2D eigenvalue weighted by molar-refractivity contribution is -0.142. The summed E-state index contributed by atoms with van der Waals surface area (Å²) >= 11 is 0. The Morgan fingerprint density at radius 2 is 1.58 bits per heavy atom. The summed E-state index contributed by atoms with van der Waals surface area (Å²) in [4.78, 5) is 8.35. The van der Waals surface area contributed by atoms with Gasteiger partial charge < -0.3 is 4.52 Å². The highest BCUT2D eigenvalue weighted by Crippen LogP contribution is 2.40. The highest BCUT2D eigenvalue weighted by atomic mass is 19.4. The van der Waals surface area contributed by atoms with Gasteiger partial charge in [0, 0.05) is 24.6 Å². The van der Waals surface area contributed by atoms with Crippen molar-refractivity contribution in [2.45, 2.75) is 25.3 Å². The van der Waals surface area contributed by atoms with E-state index in [-0.39, 0.29) is 41.9 Å². The van der Waals surface area contributed by atoms with Crippen LogP contribution in [0.5, 0.6) is 0 Å². The van der Waals surface area contributed by atoms with Gasteiger partial charge in [0.2, 0.25) is 0 Å². The summed E-state index contributed by atoms with van der Waals surface area (Å²) in [6, 6.07) is 6.09. The molecule has 0 radical (unpaired) electrons. The van der Waals surface area contributed by atoms with Gasteiger partial charge in [-0.15, -0.1) is 0 Å². The molecule has 6 nitrogen and oxygen atoms in total. The third-order valence-electron chi connectivity index (χ3n) is 5.58. The highest BCUT2D eigenvalue weighted by molar-refractivity contribution is 5.66. The van der Waals surface area contributed by atoms with Crippen molar-refractivity contribution < 1.29 is 39.6 Å². The zero-order valence-corrected chi connectivity index (χ0v) is 18.8. The summed E-state index contributed by atoms with van der Waals surface area (Å²) in [6.07, 6.45) is -7.06. The quantitative estimate of drug-likeness (QED) is 0.234. The Balaban J connectivity index is 1.36. The lowest BCUT2D eigenvalue weighted by Gasteiger charge is -2.14. The van der Waals surface area contributed by atoms with Crippen LogP contribution >= 0.6 is 0 Å². The first kappa shape index (κ1) is 25.3. The molecule has 2 aliphatic heterocycles. The van der Waals surface area contributed by atoms with E-state index in [0.717, 1.165) is 6.07 Å². The zero-order valence-electron chi connectivity index (χ0n) is 18.8. The van der Waals surface area contributed by atoms with Gasteiger partial charge in [-0.25, -0.2) is 18.7 Å². The topological polar surface area (TPSA) is 69.6 Å². The van der Waals surface area contributed by atoms with Crippen molar-refractivity contribution in [3.63, 3.8) is 0 Å². The molecule has 0 saturated carbocycles. The molecule has 14 heteroatoms. The molecular formula is C24H13F8N5O. The molecule has 0 unspecified atom stereocenters. The molecule has 2 aliphatic rings. The molecule has 0 aliphatic carbocycles. The molecule has 0 atom stereocenters. The van der Waals surface area contributed by atoms with Gasteiger partial charge in [0.05, 0.1) is 29.1 Å². The van der Waals surface area contributed by atoms with Gasteiger partial charge in [-0.1, -0.05) is 17.3 Å². The van der Waals surface area contributed by atoms with Crippen molar-refractivity contribution in [1.82, 2.24) is 24.9 Å². The van der Waals surface area contributed by atoms with Crippen LogP contribution in [0.1, 0.15) is 16.9 Å². The summed E-state index contributed by atoms with van der Waals surface area (Å²) in [5.74, 6) is -2.02. The number of fused-ring (bicyclic) bond motifs is 1. The molecule has 1 aromatic heterocycles. The number of alkyl halides is 6. The highest BCUT2D eigenvalue weighted by Gasteiger charge is 2.39. The van der Waals surface area contributed by atoms with E-state index in [2.05, 4.69) is 20.2 Å². The van der Waals surface area contributed by atoms with Gasteiger partial charge in [0.15, 0.2) is 17.5 Å². The summed E-state index contributed by atoms with van der Waals surface area (Å²) in [5, 5.41) is 7.73. The van der Waals surface area contributed by atoms with Gasteiger partial charge >= 0.3 is 12.4 Å². The Morgan fingerprint density at radius 3 is 2.32 bits per heavy atom. The first-order chi connectivity index (χ1) is 17.9. The minimum atomic E-state index is -5.06. The van der Waals surface area contributed by atoms with Crippen molar-refractivity contribution >= 4 is 0 Å². The maximum absolute atomic E-state index is 14.1. The fraction of sp³-hybridized carbons (Fsp3) is 0.167. The molecular weight excluding hydrogens is 526 g/mol. The summed E-state index contributed by atoms with van der Waals surface area (Å²) in [5.41, 5.74) is -3.23. The van der Waals surface area contributed by atoms with E-state index in [1.54, 1.807) is 0 Å². The zero-order chi connectivity index (χ0) is 27.2. The minimum Gasteiger partial charge on any atom is -0.361 e. The van der Waals surface area contributed by atoms with E-state index in [4.69, 9.17) is 4.52 Å². The van der Waals surface area contributed by atoms with Gasteiger partial charge in [-0.2, -0.15) is 31.4 Å². The molecule has 38 heavy (non-hydrogen) atoms. The van der Waals surface area contributed by atoms with E-state index in [9.17, 15) is 35.1 Å². The largest absolute Gasteiger partial charge is 0.417 e. The predicted octanol–water partition coefficient (Wildman–Crippen LogP) is 6.66. The Morgan fingerprint density at radius 1 is 0.816 bits per heavy atom. The van der Waals surface area contributed by atoms with E-state index >= 15 is 0 Å². The van der Waals surface area contributed by atoms with Crippen LogP contribution in [0, 0.1) is 11.6 Å². The number of hydrogen-bond donors (Lipinski definition) is 0. The second-order valence-electron chi connectivity index (χ2n) is 8.14. The number of aromatic nitrogens is 5. The molecule has 0 amide bonds. The summed E-state index contributed by atoms with van der Waals surface area (Å²) in [7, 11) is 0. The number of rotatable bonds is 5. The molecule has 0 bridgehead atoms. The van der Waals surface area contributed by atoms with Crippen LogP contribution in [0.2, 0.25) is 0 Å². The number of halogens is 8. The SMILES string of the molecule is Fc1cccc(-c2nc3cnn(CCc4cc(-c5ccc(C(F)(F)F)cc5C(F)(F)F)no4)cc-3n2)c1F. The molecule has 196 valence electrons. The van der Waals surface area contributed by atoms with Crippen LogP contribution in [0.3, 0.4) is 0 Å². The van der Waals surface area contributed by atoms with Crippen LogP contribution < -0.4 is 0 Å². The third kappa shape index (κ3) is 4.93. The smallest absolute Gasteiger partial charge is 0.361 e. The average molecular weight is 539 g/mol. The summed E-state index contributed by atoms with van der Waals surface area (Å²) in [6.45, 7) is 0.153. The second kappa shape index (κ2) is 9.19. The Hall–Kier alpha value is -4.36. The molecule has 0 saturated heterocycles. The fourth-order valence-electron chi connectivity index (χ4n) is 3.74. The van der Waals surface area contributed by atoms with Gasteiger partial charge in [-0.3, -0.25) is 4.68 Å². The first-order valence-electron chi connectivity index (χ1n) is 10.8. The number of hydrogen-bond acceptors (Lipinski definition) is 5. The maximum Gasteiger partial charge on any atom is 0.417 e. The minimum absolute atomic E-state index is 0.0313. The molecule has 0 spiro atoms. The lowest BCUT2D eigenvalue weighted by Crippen LogP contribution is -2.12. The van der Waals surface area contributed by atoms with E-state index in [1.807, 2.05) is 0 Å². The van der Waals surface area contributed by atoms with Crippen LogP contribution in [-0.2, 0) is 25.3 Å². The Kier molecular flexibility index (Phi) is 6.12. The van der Waals surface area contributed by atoms with Crippen LogP contribution in [0.25, 0.3) is 34.0 Å². The van der Waals surface area contributed by atoms with Gasteiger partial charge in [0.1, 0.15) is 22.8 Å². The second-order valence-corrected chi connectivity index (χ2v) is 8.14. The van der Waals surface area contributed by atoms with Crippen LogP contribution in [0.4, 0.5) is 35.1 Å². The molecule has 0 N–H and O–H groups in total. The van der Waals surface area contributed by atoms with E-state index in [1.165, 1.54) is 35.3 Å². The predicted molar refractivity (Wildman–Crippen MR) is 115 cm³/mol. The van der Waals surface area contributed by atoms with Crippen molar-refractivity contribution in [3.8, 4) is 34.0 Å². The fourth-order valence-corrected chi connectivity index (χ4v) is 3.74.